The number of anilines is 1. The molecule has 1 aliphatic carbocycles. The van der Waals surface area contributed by atoms with Gasteiger partial charge in [0.05, 0.1) is 12.7 Å². The number of amides is 2. The van der Waals surface area contributed by atoms with Gasteiger partial charge in [-0.1, -0.05) is 43.5 Å². The Morgan fingerprint density at radius 1 is 1.03 bits per heavy atom. The third kappa shape index (κ3) is 6.78. The Kier molecular flexibility index (Phi) is 7.90. The summed E-state index contributed by atoms with van der Waals surface area (Å²) >= 11 is 0. The third-order valence-corrected chi connectivity index (χ3v) is 6.26. The minimum Gasteiger partial charge on any atom is -0.352 e. The van der Waals surface area contributed by atoms with E-state index in [0.29, 0.717) is 18.0 Å². The lowest BCUT2D eigenvalue weighted by Crippen LogP contribution is -2.25. The molecule has 0 radical (unpaired) electrons. The molecule has 1 saturated carbocycles. The molecule has 1 aliphatic rings. The van der Waals surface area contributed by atoms with E-state index in [1.807, 2.05) is 35.0 Å². The van der Waals surface area contributed by atoms with Crippen molar-refractivity contribution in [2.75, 3.05) is 11.9 Å². The molecule has 0 spiro atoms. The van der Waals surface area contributed by atoms with Gasteiger partial charge in [-0.05, 0) is 60.6 Å². The van der Waals surface area contributed by atoms with Gasteiger partial charge in [0.2, 0.25) is 5.91 Å². The lowest BCUT2D eigenvalue weighted by molar-refractivity contribution is -0.115. The minimum absolute atomic E-state index is 0.0849. The van der Waals surface area contributed by atoms with Crippen molar-refractivity contribution in [1.82, 2.24) is 14.9 Å². The highest BCUT2D eigenvalue weighted by molar-refractivity contribution is 5.95. The highest BCUT2D eigenvalue weighted by Gasteiger charge is 2.15. The van der Waals surface area contributed by atoms with Gasteiger partial charge in [0.25, 0.3) is 5.91 Å². The van der Waals surface area contributed by atoms with E-state index in [1.54, 1.807) is 24.7 Å². The van der Waals surface area contributed by atoms with E-state index in [-0.39, 0.29) is 18.2 Å². The molecule has 0 aliphatic heterocycles. The van der Waals surface area contributed by atoms with Gasteiger partial charge in [-0.2, -0.15) is 0 Å². The van der Waals surface area contributed by atoms with Gasteiger partial charge in [-0.3, -0.25) is 9.59 Å². The van der Waals surface area contributed by atoms with Crippen LogP contribution in [0.25, 0.3) is 0 Å². The fourth-order valence-corrected chi connectivity index (χ4v) is 4.47. The van der Waals surface area contributed by atoms with Gasteiger partial charge < -0.3 is 15.2 Å². The van der Waals surface area contributed by atoms with E-state index in [1.165, 1.54) is 37.7 Å². The number of carbonyl (C=O) groups excluding carboxylic acids is 2. The monoisotopic (exact) mass is 444 g/mol. The van der Waals surface area contributed by atoms with E-state index in [2.05, 4.69) is 27.8 Å². The molecule has 0 atom stereocenters. The first kappa shape index (κ1) is 22.8. The fraction of sp³-hybridized carbons (Fsp3) is 0.370. The number of aromatic nitrogens is 2. The molecule has 2 aromatic carbocycles. The molecular formula is C27H32N4O2. The lowest BCUT2D eigenvalue weighted by atomic mass is 9.84. The number of aryl methyl sites for hydroxylation is 1. The Balaban J connectivity index is 1.25. The Bertz CT molecular complexity index is 1040. The van der Waals surface area contributed by atoms with Gasteiger partial charge in [0, 0.05) is 36.7 Å². The van der Waals surface area contributed by atoms with Crippen LogP contribution in [0, 0.1) is 0 Å². The quantitative estimate of drug-likeness (QED) is 0.460. The summed E-state index contributed by atoms with van der Waals surface area (Å²) < 4.78 is 1.98. The topological polar surface area (TPSA) is 76.0 Å². The summed E-state index contributed by atoms with van der Waals surface area (Å²) in [7, 11) is 0. The summed E-state index contributed by atoms with van der Waals surface area (Å²) in [4.78, 5) is 29.0. The molecule has 1 aromatic heterocycles. The van der Waals surface area contributed by atoms with Crippen LogP contribution >= 0.6 is 0 Å². The maximum absolute atomic E-state index is 12.6. The zero-order valence-electron chi connectivity index (χ0n) is 19.0. The van der Waals surface area contributed by atoms with Crippen molar-refractivity contribution >= 4 is 17.5 Å². The number of benzene rings is 2. The van der Waals surface area contributed by atoms with Crippen molar-refractivity contribution in [2.45, 2.75) is 57.4 Å². The van der Waals surface area contributed by atoms with Crippen molar-refractivity contribution in [1.29, 1.82) is 0 Å². The van der Waals surface area contributed by atoms with Crippen molar-refractivity contribution in [3.63, 3.8) is 0 Å². The highest BCUT2D eigenvalue weighted by atomic mass is 16.2. The average Bonchev–Trinajstić information content (AvgIpc) is 3.36. The summed E-state index contributed by atoms with van der Waals surface area (Å²) in [6.07, 6.45) is 13.0. The Morgan fingerprint density at radius 2 is 1.85 bits per heavy atom. The van der Waals surface area contributed by atoms with Crippen LogP contribution in [-0.4, -0.2) is 27.9 Å². The highest BCUT2D eigenvalue weighted by Crippen LogP contribution is 2.32. The van der Waals surface area contributed by atoms with E-state index in [9.17, 15) is 9.59 Å². The van der Waals surface area contributed by atoms with Crippen molar-refractivity contribution in [2.24, 2.45) is 0 Å². The molecule has 3 aromatic rings. The molecule has 0 saturated heterocycles. The van der Waals surface area contributed by atoms with E-state index in [0.717, 1.165) is 24.2 Å². The average molecular weight is 445 g/mol. The molecule has 0 unspecified atom stereocenters. The van der Waals surface area contributed by atoms with Crippen LogP contribution in [0.5, 0.6) is 0 Å². The van der Waals surface area contributed by atoms with Crippen LogP contribution < -0.4 is 10.6 Å². The number of hydrogen-bond acceptors (Lipinski definition) is 3. The normalized spacial score (nSPS) is 14.1. The number of rotatable bonds is 9. The number of hydrogen-bond donors (Lipinski definition) is 2. The second-order valence-electron chi connectivity index (χ2n) is 8.79. The van der Waals surface area contributed by atoms with Gasteiger partial charge in [-0.25, -0.2) is 4.98 Å². The standard InChI is InChI=1S/C27H32N4O2/c32-26(30-25-12-10-23(11-13-25)22-7-2-1-3-8-22)19-21-6-4-9-24(18-21)27(33)29-14-5-16-31-17-15-28-20-31/h4,6,9-13,15,17-18,20,22H,1-3,5,7-8,14,16,19H2,(H,29,33)(H,30,32). The van der Waals surface area contributed by atoms with Crippen LogP contribution in [0.2, 0.25) is 0 Å². The predicted molar refractivity (Wildman–Crippen MR) is 130 cm³/mol. The van der Waals surface area contributed by atoms with Crippen LogP contribution in [0.3, 0.4) is 0 Å². The smallest absolute Gasteiger partial charge is 0.251 e. The van der Waals surface area contributed by atoms with Gasteiger partial charge in [-0.15, -0.1) is 0 Å². The minimum atomic E-state index is -0.124. The summed E-state index contributed by atoms with van der Waals surface area (Å²) in [6, 6.07) is 15.5. The Labute approximate surface area is 195 Å². The molecule has 6 heteroatoms. The predicted octanol–water partition coefficient (Wildman–Crippen LogP) is 4.93. The molecule has 1 fully saturated rings. The van der Waals surface area contributed by atoms with Crippen molar-refractivity contribution in [3.05, 3.63) is 83.9 Å². The summed E-state index contributed by atoms with van der Waals surface area (Å²) in [5.74, 6) is 0.447. The van der Waals surface area contributed by atoms with Crippen LogP contribution in [0.4, 0.5) is 5.69 Å². The molecule has 6 nitrogen and oxygen atoms in total. The molecule has 2 N–H and O–H groups in total. The van der Waals surface area contributed by atoms with E-state index >= 15 is 0 Å². The molecule has 4 rings (SSSR count). The lowest BCUT2D eigenvalue weighted by Gasteiger charge is -2.22. The molecule has 0 bridgehead atoms. The first-order valence-electron chi connectivity index (χ1n) is 11.9. The molecular weight excluding hydrogens is 412 g/mol. The van der Waals surface area contributed by atoms with Gasteiger partial charge in [0.15, 0.2) is 0 Å². The zero-order chi connectivity index (χ0) is 22.9. The summed E-state index contributed by atoms with van der Waals surface area (Å²) in [5.41, 5.74) is 3.57. The number of nitrogens with zero attached hydrogens (tertiary/aromatic N) is 2. The van der Waals surface area contributed by atoms with Crippen LogP contribution in [0.15, 0.2) is 67.3 Å². The first-order valence-corrected chi connectivity index (χ1v) is 11.9. The number of nitrogens with one attached hydrogen (secondary N) is 2. The summed E-state index contributed by atoms with van der Waals surface area (Å²) in [6.45, 7) is 1.39. The molecule has 172 valence electrons. The van der Waals surface area contributed by atoms with Crippen molar-refractivity contribution in [3.8, 4) is 0 Å². The largest absolute Gasteiger partial charge is 0.352 e. The first-order chi connectivity index (χ1) is 16.2. The van der Waals surface area contributed by atoms with E-state index in [4.69, 9.17) is 0 Å². The van der Waals surface area contributed by atoms with Crippen LogP contribution in [0.1, 0.15) is 65.9 Å². The van der Waals surface area contributed by atoms with Gasteiger partial charge in [0.1, 0.15) is 0 Å². The Morgan fingerprint density at radius 3 is 2.61 bits per heavy atom. The molecule has 2 amide bonds. The van der Waals surface area contributed by atoms with Crippen molar-refractivity contribution < 1.29 is 9.59 Å². The number of carbonyl (C=O) groups is 2. The Hall–Kier alpha value is -3.41. The maximum atomic E-state index is 12.6. The molecule has 1 heterocycles. The fourth-order valence-electron chi connectivity index (χ4n) is 4.47. The number of imidazole rings is 1. The third-order valence-electron chi connectivity index (χ3n) is 6.26. The maximum Gasteiger partial charge on any atom is 0.251 e. The zero-order valence-corrected chi connectivity index (χ0v) is 19.0. The second-order valence-corrected chi connectivity index (χ2v) is 8.79. The van der Waals surface area contributed by atoms with E-state index < -0.39 is 0 Å². The van der Waals surface area contributed by atoms with Crippen LogP contribution in [-0.2, 0) is 17.8 Å². The summed E-state index contributed by atoms with van der Waals surface area (Å²) in [5, 5.41) is 5.92. The second kappa shape index (κ2) is 11.5. The SMILES string of the molecule is O=C(Cc1cccc(C(=O)NCCCn2ccnc2)c1)Nc1ccc(C2CCCCC2)cc1. The van der Waals surface area contributed by atoms with Gasteiger partial charge >= 0.3 is 0 Å². The molecule has 33 heavy (non-hydrogen) atoms.